The van der Waals surface area contributed by atoms with Crippen LogP contribution in [0.1, 0.15) is 20.8 Å². The first kappa shape index (κ1) is 11.3. The molecule has 3 nitrogen and oxygen atoms in total. The molecule has 1 atom stereocenters. The lowest BCUT2D eigenvalue weighted by molar-refractivity contribution is -0.129. The van der Waals surface area contributed by atoms with E-state index in [4.69, 9.17) is 9.47 Å². The Bertz CT molecular complexity index is 182. The Hall–Kier alpha value is 0.230. The topological polar surface area (TPSA) is 30.5 Å². The van der Waals surface area contributed by atoms with E-state index >= 15 is 0 Å². The zero-order valence-electron chi connectivity index (χ0n) is 9.01. The van der Waals surface area contributed by atoms with Crippen molar-refractivity contribution >= 4 is 11.8 Å². The second-order valence-electron chi connectivity index (χ2n) is 4.21. The zero-order chi connectivity index (χ0) is 10.1. The van der Waals surface area contributed by atoms with E-state index in [1.54, 1.807) is 14.2 Å². The first-order chi connectivity index (χ1) is 5.93. The van der Waals surface area contributed by atoms with Crippen molar-refractivity contribution in [3.8, 4) is 0 Å². The van der Waals surface area contributed by atoms with E-state index in [1.807, 2.05) is 11.8 Å². The highest BCUT2D eigenvalue weighted by atomic mass is 32.2. The van der Waals surface area contributed by atoms with Crippen LogP contribution >= 0.6 is 11.8 Å². The fourth-order valence-corrected chi connectivity index (χ4v) is 3.16. The third-order valence-corrected chi connectivity index (χ3v) is 3.96. The van der Waals surface area contributed by atoms with Gasteiger partial charge in [-0.3, -0.25) is 5.32 Å². The molecular formula is C9H19NO2S. The summed E-state index contributed by atoms with van der Waals surface area (Å²) in [5.41, 5.74) is 0.161. The van der Waals surface area contributed by atoms with E-state index in [1.165, 1.54) is 0 Å². The molecule has 1 fully saturated rings. The third kappa shape index (κ3) is 2.37. The summed E-state index contributed by atoms with van der Waals surface area (Å²) in [6, 6.07) is 0. The molecule has 13 heavy (non-hydrogen) atoms. The van der Waals surface area contributed by atoms with Crippen LogP contribution in [0.2, 0.25) is 0 Å². The average Bonchev–Trinajstić information content (AvgIpc) is 2.29. The fourth-order valence-electron chi connectivity index (χ4n) is 1.75. The quantitative estimate of drug-likeness (QED) is 0.706. The molecule has 0 radical (unpaired) electrons. The molecule has 0 aromatic rings. The van der Waals surface area contributed by atoms with Gasteiger partial charge in [0, 0.05) is 25.5 Å². The lowest BCUT2D eigenvalue weighted by Crippen LogP contribution is -2.53. The minimum Gasteiger partial charge on any atom is -0.353 e. The summed E-state index contributed by atoms with van der Waals surface area (Å²) < 4.78 is 10.5. The predicted octanol–water partition coefficient (Wildman–Crippen LogP) is 1.44. The summed E-state index contributed by atoms with van der Waals surface area (Å²) in [5.74, 6) is 1.08. The van der Waals surface area contributed by atoms with E-state index in [9.17, 15) is 0 Å². The maximum Gasteiger partial charge on any atom is 0.184 e. The summed E-state index contributed by atoms with van der Waals surface area (Å²) in [4.78, 5) is -0.132. The Morgan fingerprint density at radius 2 is 1.77 bits per heavy atom. The Morgan fingerprint density at radius 1 is 1.23 bits per heavy atom. The molecule has 78 valence electrons. The minimum absolute atomic E-state index is 0.132. The lowest BCUT2D eigenvalue weighted by atomic mass is 10.1. The largest absolute Gasteiger partial charge is 0.353 e. The highest BCUT2D eigenvalue weighted by molar-refractivity contribution is 8.01. The van der Waals surface area contributed by atoms with Gasteiger partial charge in [-0.05, 0) is 20.8 Å². The van der Waals surface area contributed by atoms with E-state index in [0.29, 0.717) is 0 Å². The molecule has 1 N–H and O–H groups in total. The molecule has 0 bridgehead atoms. The van der Waals surface area contributed by atoms with Crippen LogP contribution in [-0.2, 0) is 9.47 Å². The molecule has 1 aliphatic heterocycles. The summed E-state index contributed by atoms with van der Waals surface area (Å²) in [5, 5.41) is 3.52. The molecule has 0 saturated carbocycles. The smallest absolute Gasteiger partial charge is 0.184 e. The maximum absolute atomic E-state index is 5.27. The SMILES string of the molecule is COC(OC)C1(C)NC(C)(C)CS1. The molecule has 1 aliphatic rings. The van der Waals surface area contributed by atoms with Crippen molar-refractivity contribution < 1.29 is 9.47 Å². The van der Waals surface area contributed by atoms with Gasteiger partial charge in [-0.15, -0.1) is 11.8 Å². The van der Waals surface area contributed by atoms with E-state index in [2.05, 4.69) is 26.1 Å². The Morgan fingerprint density at radius 3 is 2.08 bits per heavy atom. The van der Waals surface area contributed by atoms with Crippen LogP contribution in [0.4, 0.5) is 0 Å². The van der Waals surface area contributed by atoms with E-state index in [-0.39, 0.29) is 16.7 Å². The first-order valence-electron chi connectivity index (χ1n) is 4.42. The molecule has 1 unspecified atom stereocenters. The van der Waals surface area contributed by atoms with Gasteiger partial charge >= 0.3 is 0 Å². The maximum atomic E-state index is 5.27. The van der Waals surface area contributed by atoms with Gasteiger partial charge in [0.05, 0.1) is 0 Å². The minimum atomic E-state index is -0.195. The fraction of sp³-hybridized carbons (Fsp3) is 1.00. The summed E-state index contributed by atoms with van der Waals surface area (Å²) >= 11 is 1.85. The number of methoxy groups -OCH3 is 2. The van der Waals surface area contributed by atoms with Crippen LogP contribution in [-0.4, -0.2) is 36.7 Å². The molecule has 1 rings (SSSR count). The van der Waals surface area contributed by atoms with Gasteiger partial charge in [0.1, 0.15) is 4.87 Å². The van der Waals surface area contributed by atoms with Gasteiger partial charge < -0.3 is 9.47 Å². The van der Waals surface area contributed by atoms with Gasteiger partial charge in [0.15, 0.2) is 6.29 Å². The van der Waals surface area contributed by atoms with Crippen molar-refractivity contribution in [3.05, 3.63) is 0 Å². The Balaban J connectivity index is 2.67. The average molecular weight is 205 g/mol. The molecule has 4 heteroatoms. The number of thioether (sulfide) groups is 1. The molecule has 1 heterocycles. The summed E-state index contributed by atoms with van der Waals surface area (Å²) in [6.45, 7) is 6.49. The number of rotatable bonds is 3. The van der Waals surface area contributed by atoms with Crippen molar-refractivity contribution in [2.24, 2.45) is 0 Å². The summed E-state index contributed by atoms with van der Waals surface area (Å²) in [6.07, 6.45) is -0.195. The third-order valence-electron chi connectivity index (χ3n) is 2.20. The molecule has 0 spiro atoms. The normalized spacial score (nSPS) is 32.8. The van der Waals surface area contributed by atoms with E-state index in [0.717, 1.165) is 5.75 Å². The standard InChI is InChI=1S/C9H19NO2S/c1-8(2)6-13-9(3,10-8)7(11-4)12-5/h7,10H,6H2,1-5H3. The highest BCUT2D eigenvalue weighted by Crippen LogP contribution is 2.38. The number of ether oxygens (including phenoxy) is 2. The number of hydrogen-bond acceptors (Lipinski definition) is 4. The number of nitrogens with one attached hydrogen (secondary N) is 1. The van der Waals surface area contributed by atoms with Gasteiger partial charge in [-0.25, -0.2) is 0 Å². The molecule has 0 aromatic carbocycles. The highest BCUT2D eigenvalue weighted by Gasteiger charge is 2.45. The molecule has 0 aromatic heterocycles. The van der Waals surface area contributed by atoms with Crippen LogP contribution in [0.25, 0.3) is 0 Å². The lowest BCUT2D eigenvalue weighted by Gasteiger charge is -2.33. The second kappa shape index (κ2) is 3.77. The van der Waals surface area contributed by atoms with Crippen molar-refractivity contribution in [1.82, 2.24) is 5.32 Å². The monoisotopic (exact) mass is 205 g/mol. The van der Waals surface area contributed by atoms with Crippen LogP contribution in [0.15, 0.2) is 0 Å². The van der Waals surface area contributed by atoms with Crippen molar-refractivity contribution in [2.75, 3.05) is 20.0 Å². The molecule has 1 saturated heterocycles. The van der Waals surface area contributed by atoms with Crippen molar-refractivity contribution in [1.29, 1.82) is 0 Å². The van der Waals surface area contributed by atoms with Crippen molar-refractivity contribution in [3.63, 3.8) is 0 Å². The van der Waals surface area contributed by atoms with Crippen LogP contribution < -0.4 is 5.32 Å². The number of hydrogen-bond donors (Lipinski definition) is 1. The van der Waals surface area contributed by atoms with E-state index < -0.39 is 0 Å². The van der Waals surface area contributed by atoms with Crippen molar-refractivity contribution in [2.45, 2.75) is 37.5 Å². The van der Waals surface area contributed by atoms with Crippen LogP contribution in [0.3, 0.4) is 0 Å². The van der Waals surface area contributed by atoms with Gasteiger partial charge in [-0.1, -0.05) is 0 Å². The molecule has 0 aliphatic carbocycles. The summed E-state index contributed by atoms with van der Waals surface area (Å²) in [7, 11) is 3.35. The van der Waals surface area contributed by atoms with Gasteiger partial charge in [0.25, 0.3) is 0 Å². The Labute approximate surface area is 84.6 Å². The van der Waals surface area contributed by atoms with Crippen LogP contribution in [0.5, 0.6) is 0 Å². The van der Waals surface area contributed by atoms with Gasteiger partial charge in [0.2, 0.25) is 0 Å². The zero-order valence-corrected chi connectivity index (χ0v) is 9.83. The van der Waals surface area contributed by atoms with Gasteiger partial charge in [-0.2, -0.15) is 0 Å². The first-order valence-corrected chi connectivity index (χ1v) is 5.41. The van der Waals surface area contributed by atoms with Crippen LogP contribution in [0, 0.1) is 0 Å². The Kier molecular flexibility index (Phi) is 3.28. The molecular weight excluding hydrogens is 186 g/mol. The predicted molar refractivity (Wildman–Crippen MR) is 55.9 cm³/mol. The second-order valence-corrected chi connectivity index (χ2v) is 5.63. The molecule has 0 amide bonds.